The van der Waals surface area contributed by atoms with E-state index in [0.717, 1.165) is 10.2 Å². The molecule has 1 N–H and O–H groups in total. The van der Waals surface area contributed by atoms with Gasteiger partial charge in [-0.2, -0.15) is 5.10 Å². The average Bonchev–Trinajstić information content (AvgIpc) is 2.71. The summed E-state index contributed by atoms with van der Waals surface area (Å²) >= 11 is 3.57. The molecule has 1 aromatic heterocycles. The molecule has 0 aliphatic carbocycles. The maximum Gasteiger partial charge on any atom is 0.0839 e. The fourth-order valence-corrected chi connectivity index (χ4v) is 2.26. The van der Waals surface area contributed by atoms with Crippen LogP contribution < -0.4 is 5.32 Å². The van der Waals surface area contributed by atoms with Crippen LogP contribution in [0.25, 0.3) is 0 Å². The van der Waals surface area contributed by atoms with Gasteiger partial charge in [0.15, 0.2) is 0 Å². The van der Waals surface area contributed by atoms with Crippen LogP contribution in [0.4, 0.5) is 0 Å². The van der Waals surface area contributed by atoms with E-state index in [9.17, 15) is 0 Å². The van der Waals surface area contributed by atoms with Crippen LogP contribution in [0.1, 0.15) is 22.9 Å². The third kappa shape index (κ3) is 2.58. The highest BCUT2D eigenvalue weighted by Gasteiger charge is 2.15. The van der Waals surface area contributed by atoms with Crippen molar-refractivity contribution in [2.24, 2.45) is 7.05 Å². The first-order valence-corrected chi connectivity index (χ1v) is 6.34. The summed E-state index contributed by atoms with van der Waals surface area (Å²) in [4.78, 5) is 0. The number of rotatable bonds is 3. The Balaban J connectivity index is 2.38. The zero-order valence-corrected chi connectivity index (χ0v) is 11.8. The molecule has 0 spiro atoms. The largest absolute Gasteiger partial charge is 0.308 e. The number of aryl methyl sites for hydroxylation is 2. The van der Waals surface area contributed by atoms with Gasteiger partial charge in [0.2, 0.25) is 0 Å². The van der Waals surface area contributed by atoms with Gasteiger partial charge in [0.1, 0.15) is 0 Å². The highest BCUT2D eigenvalue weighted by atomic mass is 79.9. The van der Waals surface area contributed by atoms with Crippen LogP contribution in [-0.2, 0) is 7.05 Å². The van der Waals surface area contributed by atoms with Gasteiger partial charge < -0.3 is 5.32 Å². The lowest BCUT2D eigenvalue weighted by atomic mass is 10.0. The van der Waals surface area contributed by atoms with Crippen LogP contribution in [-0.4, -0.2) is 16.8 Å². The van der Waals surface area contributed by atoms with Crippen molar-refractivity contribution in [3.8, 4) is 0 Å². The molecule has 1 unspecified atom stereocenters. The number of aromatic nitrogens is 2. The van der Waals surface area contributed by atoms with Crippen LogP contribution in [0.5, 0.6) is 0 Å². The summed E-state index contributed by atoms with van der Waals surface area (Å²) in [5.74, 6) is 0. The van der Waals surface area contributed by atoms with E-state index in [1.807, 2.05) is 31.0 Å². The molecule has 0 saturated carbocycles. The van der Waals surface area contributed by atoms with E-state index in [2.05, 4.69) is 51.5 Å². The molecule has 4 heteroatoms. The predicted octanol–water partition coefficient (Wildman–Crippen LogP) is 2.80. The summed E-state index contributed by atoms with van der Waals surface area (Å²) in [5, 5.41) is 7.75. The summed E-state index contributed by atoms with van der Waals surface area (Å²) in [5.41, 5.74) is 3.49. The number of benzene rings is 1. The number of hydrogen-bond acceptors (Lipinski definition) is 2. The maximum absolute atomic E-state index is 4.45. The second-order valence-corrected chi connectivity index (χ2v) is 5.00. The molecular weight excluding hydrogens is 278 g/mol. The predicted molar refractivity (Wildman–Crippen MR) is 73.0 cm³/mol. The Morgan fingerprint density at radius 2 is 2.12 bits per heavy atom. The lowest BCUT2D eigenvalue weighted by Crippen LogP contribution is -2.18. The molecule has 0 fully saturated rings. The van der Waals surface area contributed by atoms with Crippen LogP contribution in [0.3, 0.4) is 0 Å². The minimum atomic E-state index is 0.133. The van der Waals surface area contributed by atoms with Crippen LogP contribution in [0.2, 0.25) is 0 Å². The third-order valence-corrected chi connectivity index (χ3v) is 3.70. The topological polar surface area (TPSA) is 29.9 Å². The fourth-order valence-electron chi connectivity index (χ4n) is 1.86. The number of nitrogens with zero attached hydrogens (tertiary/aromatic N) is 2. The molecule has 3 nitrogen and oxygen atoms in total. The van der Waals surface area contributed by atoms with Gasteiger partial charge in [-0.25, -0.2) is 0 Å². The van der Waals surface area contributed by atoms with Crippen molar-refractivity contribution in [3.05, 3.63) is 51.8 Å². The van der Waals surface area contributed by atoms with Gasteiger partial charge in [-0.05, 0) is 37.2 Å². The molecule has 17 heavy (non-hydrogen) atoms. The summed E-state index contributed by atoms with van der Waals surface area (Å²) in [7, 11) is 3.88. The molecule has 0 amide bonds. The average molecular weight is 294 g/mol. The molecule has 0 aliphatic heterocycles. The lowest BCUT2D eigenvalue weighted by molar-refractivity contribution is 0.641. The van der Waals surface area contributed by atoms with E-state index in [4.69, 9.17) is 0 Å². The quantitative estimate of drug-likeness (QED) is 0.943. The van der Waals surface area contributed by atoms with Gasteiger partial charge in [0.05, 0.1) is 11.7 Å². The zero-order valence-electron chi connectivity index (χ0n) is 10.2. The van der Waals surface area contributed by atoms with Crippen molar-refractivity contribution in [2.45, 2.75) is 13.0 Å². The van der Waals surface area contributed by atoms with Gasteiger partial charge in [-0.15, -0.1) is 0 Å². The second-order valence-electron chi connectivity index (χ2n) is 4.14. The molecule has 0 bridgehead atoms. The van der Waals surface area contributed by atoms with Crippen molar-refractivity contribution < 1.29 is 0 Å². The van der Waals surface area contributed by atoms with E-state index in [0.29, 0.717) is 0 Å². The monoisotopic (exact) mass is 293 g/mol. The van der Waals surface area contributed by atoms with Crippen molar-refractivity contribution in [2.75, 3.05) is 7.05 Å². The van der Waals surface area contributed by atoms with Crippen LogP contribution >= 0.6 is 15.9 Å². The van der Waals surface area contributed by atoms with Crippen molar-refractivity contribution in [3.63, 3.8) is 0 Å². The molecule has 1 aromatic carbocycles. The maximum atomic E-state index is 4.45. The molecule has 1 atom stereocenters. The van der Waals surface area contributed by atoms with Crippen molar-refractivity contribution in [1.82, 2.24) is 15.1 Å². The zero-order chi connectivity index (χ0) is 12.4. The third-order valence-electron chi connectivity index (χ3n) is 2.85. The van der Waals surface area contributed by atoms with Gasteiger partial charge in [0, 0.05) is 17.7 Å². The molecule has 2 rings (SSSR count). The van der Waals surface area contributed by atoms with E-state index < -0.39 is 0 Å². The molecule has 2 aromatic rings. The first kappa shape index (κ1) is 12.3. The van der Waals surface area contributed by atoms with Gasteiger partial charge in [0.25, 0.3) is 0 Å². The standard InChI is InChI=1S/C13H16BrN3/c1-9-4-5-10(8-11(9)14)13(15-2)12-6-7-17(3)16-12/h4-8,13,15H,1-3H3. The Morgan fingerprint density at radius 3 is 2.65 bits per heavy atom. The van der Waals surface area contributed by atoms with Gasteiger partial charge in [-0.1, -0.05) is 28.1 Å². The lowest BCUT2D eigenvalue weighted by Gasteiger charge is -2.15. The van der Waals surface area contributed by atoms with E-state index in [-0.39, 0.29) is 6.04 Å². The molecule has 0 aliphatic rings. The number of nitrogens with one attached hydrogen (secondary N) is 1. The second kappa shape index (κ2) is 5.02. The van der Waals surface area contributed by atoms with E-state index >= 15 is 0 Å². The van der Waals surface area contributed by atoms with Crippen LogP contribution in [0, 0.1) is 6.92 Å². The number of hydrogen-bond donors (Lipinski definition) is 1. The summed E-state index contributed by atoms with van der Waals surface area (Å²) < 4.78 is 2.95. The highest BCUT2D eigenvalue weighted by Crippen LogP contribution is 2.25. The Kier molecular flexibility index (Phi) is 3.64. The summed E-state index contributed by atoms with van der Waals surface area (Å²) in [6.07, 6.45) is 1.96. The van der Waals surface area contributed by atoms with E-state index in [1.54, 1.807) is 0 Å². The summed E-state index contributed by atoms with van der Waals surface area (Å²) in [6.45, 7) is 2.09. The minimum Gasteiger partial charge on any atom is -0.308 e. The normalized spacial score (nSPS) is 12.7. The molecule has 0 saturated heterocycles. The van der Waals surface area contributed by atoms with Crippen LogP contribution in [0.15, 0.2) is 34.9 Å². The Morgan fingerprint density at radius 1 is 1.35 bits per heavy atom. The SMILES string of the molecule is CNC(c1ccc(C)c(Br)c1)c1ccn(C)n1. The van der Waals surface area contributed by atoms with Crippen molar-refractivity contribution >= 4 is 15.9 Å². The van der Waals surface area contributed by atoms with Crippen molar-refractivity contribution in [1.29, 1.82) is 0 Å². The van der Waals surface area contributed by atoms with Gasteiger partial charge >= 0.3 is 0 Å². The molecule has 1 heterocycles. The fraction of sp³-hybridized carbons (Fsp3) is 0.308. The first-order chi connectivity index (χ1) is 8.11. The Hall–Kier alpha value is -1.13. The molecular formula is C13H16BrN3. The minimum absolute atomic E-state index is 0.133. The molecule has 0 radical (unpaired) electrons. The highest BCUT2D eigenvalue weighted by molar-refractivity contribution is 9.10. The molecule has 90 valence electrons. The van der Waals surface area contributed by atoms with Gasteiger partial charge in [-0.3, -0.25) is 4.68 Å². The Bertz CT molecular complexity index is 519. The number of halogens is 1. The Labute approximate surface area is 110 Å². The first-order valence-electron chi connectivity index (χ1n) is 5.54. The smallest absolute Gasteiger partial charge is 0.0839 e. The summed E-state index contributed by atoms with van der Waals surface area (Å²) in [6, 6.07) is 8.57. The van der Waals surface area contributed by atoms with E-state index in [1.165, 1.54) is 11.1 Å².